The van der Waals surface area contributed by atoms with E-state index in [1.54, 1.807) is 12.1 Å². The number of nitrogens with one attached hydrogen (secondary N) is 1. The zero-order chi connectivity index (χ0) is 13.8. The Bertz CT molecular complexity index is 388. The molecule has 1 rings (SSSR count). The first-order chi connectivity index (χ1) is 8.38. The SMILES string of the molecule is COc1cccc(CNCC(C)(C)C(C)C)c1F. The lowest BCUT2D eigenvalue weighted by Gasteiger charge is -2.29. The molecule has 0 radical (unpaired) electrons. The van der Waals surface area contributed by atoms with Crippen molar-refractivity contribution in [3.8, 4) is 5.75 Å². The largest absolute Gasteiger partial charge is 0.494 e. The maximum Gasteiger partial charge on any atom is 0.169 e. The normalized spacial score (nSPS) is 11.9. The van der Waals surface area contributed by atoms with E-state index >= 15 is 0 Å². The molecule has 102 valence electrons. The number of hydrogen-bond donors (Lipinski definition) is 1. The molecule has 0 saturated carbocycles. The van der Waals surface area contributed by atoms with E-state index in [1.807, 2.05) is 6.07 Å². The van der Waals surface area contributed by atoms with Gasteiger partial charge >= 0.3 is 0 Å². The molecule has 1 N–H and O–H groups in total. The van der Waals surface area contributed by atoms with Gasteiger partial charge in [-0.05, 0) is 17.4 Å². The van der Waals surface area contributed by atoms with Gasteiger partial charge in [0.15, 0.2) is 11.6 Å². The first kappa shape index (κ1) is 15.0. The first-order valence-corrected chi connectivity index (χ1v) is 6.40. The molecular weight excluding hydrogens is 229 g/mol. The van der Waals surface area contributed by atoms with Gasteiger partial charge in [-0.25, -0.2) is 4.39 Å². The third-order valence-electron chi connectivity index (χ3n) is 3.72. The molecule has 0 aliphatic rings. The van der Waals surface area contributed by atoms with E-state index in [2.05, 4.69) is 33.0 Å². The van der Waals surface area contributed by atoms with Crippen LogP contribution in [0.15, 0.2) is 18.2 Å². The van der Waals surface area contributed by atoms with Crippen molar-refractivity contribution in [3.05, 3.63) is 29.6 Å². The highest BCUT2D eigenvalue weighted by molar-refractivity contribution is 5.30. The standard InChI is InChI=1S/C15H24FNO/c1-11(2)15(3,4)10-17-9-12-7-6-8-13(18-5)14(12)16/h6-8,11,17H,9-10H2,1-5H3. The second-order valence-corrected chi connectivity index (χ2v) is 5.68. The van der Waals surface area contributed by atoms with Gasteiger partial charge < -0.3 is 10.1 Å². The summed E-state index contributed by atoms with van der Waals surface area (Å²) < 4.78 is 18.9. The lowest BCUT2D eigenvalue weighted by molar-refractivity contribution is 0.237. The van der Waals surface area contributed by atoms with E-state index in [4.69, 9.17) is 4.74 Å². The third kappa shape index (κ3) is 3.70. The average Bonchev–Trinajstić information content (AvgIpc) is 2.31. The van der Waals surface area contributed by atoms with E-state index in [9.17, 15) is 4.39 Å². The average molecular weight is 253 g/mol. The van der Waals surface area contributed by atoms with Gasteiger partial charge in [0.1, 0.15) is 0 Å². The Morgan fingerprint density at radius 3 is 2.56 bits per heavy atom. The molecule has 0 fully saturated rings. The highest BCUT2D eigenvalue weighted by Gasteiger charge is 2.21. The lowest BCUT2D eigenvalue weighted by atomic mass is 9.81. The molecule has 1 aromatic carbocycles. The van der Waals surface area contributed by atoms with Gasteiger partial charge in [-0.1, -0.05) is 39.8 Å². The zero-order valence-corrected chi connectivity index (χ0v) is 12.0. The van der Waals surface area contributed by atoms with Crippen LogP contribution < -0.4 is 10.1 Å². The quantitative estimate of drug-likeness (QED) is 0.836. The molecule has 0 aromatic heterocycles. The molecule has 0 amide bonds. The summed E-state index contributed by atoms with van der Waals surface area (Å²) in [7, 11) is 1.48. The summed E-state index contributed by atoms with van der Waals surface area (Å²) in [6.45, 7) is 10.2. The topological polar surface area (TPSA) is 21.3 Å². The summed E-state index contributed by atoms with van der Waals surface area (Å²) >= 11 is 0. The maximum atomic E-state index is 13.9. The second-order valence-electron chi connectivity index (χ2n) is 5.68. The summed E-state index contributed by atoms with van der Waals surface area (Å²) in [5.41, 5.74) is 0.851. The molecule has 2 nitrogen and oxygen atoms in total. The maximum absolute atomic E-state index is 13.9. The number of rotatable bonds is 6. The lowest BCUT2D eigenvalue weighted by Crippen LogP contribution is -2.33. The van der Waals surface area contributed by atoms with Gasteiger partial charge in [0, 0.05) is 18.7 Å². The zero-order valence-electron chi connectivity index (χ0n) is 12.0. The van der Waals surface area contributed by atoms with E-state index in [1.165, 1.54) is 7.11 Å². The van der Waals surface area contributed by atoms with Crippen LogP contribution in [0.4, 0.5) is 4.39 Å². The minimum absolute atomic E-state index is 0.204. The van der Waals surface area contributed by atoms with Crippen molar-refractivity contribution in [1.82, 2.24) is 5.32 Å². The molecule has 0 saturated heterocycles. The van der Waals surface area contributed by atoms with E-state index in [0.29, 0.717) is 23.8 Å². The summed E-state index contributed by atoms with van der Waals surface area (Å²) in [5, 5.41) is 3.32. The highest BCUT2D eigenvalue weighted by atomic mass is 19.1. The highest BCUT2D eigenvalue weighted by Crippen LogP contribution is 2.25. The Morgan fingerprint density at radius 1 is 1.33 bits per heavy atom. The van der Waals surface area contributed by atoms with Crippen LogP contribution in [-0.4, -0.2) is 13.7 Å². The Balaban J connectivity index is 2.60. The fraction of sp³-hybridized carbons (Fsp3) is 0.600. The van der Waals surface area contributed by atoms with Crippen LogP contribution in [0, 0.1) is 17.2 Å². The second kappa shape index (κ2) is 6.19. The Kier molecular flexibility index (Phi) is 5.15. The van der Waals surface area contributed by atoms with E-state index in [-0.39, 0.29) is 11.2 Å². The Morgan fingerprint density at radius 2 is 2.00 bits per heavy atom. The van der Waals surface area contributed by atoms with Crippen molar-refractivity contribution in [3.63, 3.8) is 0 Å². The van der Waals surface area contributed by atoms with Crippen LogP contribution in [0.25, 0.3) is 0 Å². The monoisotopic (exact) mass is 253 g/mol. The molecule has 0 atom stereocenters. The van der Waals surface area contributed by atoms with Crippen molar-refractivity contribution in [1.29, 1.82) is 0 Å². The van der Waals surface area contributed by atoms with Crippen LogP contribution in [0.1, 0.15) is 33.3 Å². The van der Waals surface area contributed by atoms with Crippen molar-refractivity contribution < 1.29 is 9.13 Å². The van der Waals surface area contributed by atoms with Crippen LogP contribution in [0.3, 0.4) is 0 Å². The fourth-order valence-corrected chi connectivity index (χ4v) is 1.57. The van der Waals surface area contributed by atoms with Crippen molar-refractivity contribution >= 4 is 0 Å². The summed E-state index contributed by atoms with van der Waals surface area (Å²) in [6.07, 6.45) is 0. The molecule has 18 heavy (non-hydrogen) atoms. The molecule has 3 heteroatoms. The fourth-order valence-electron chi connectivity index (χ4n) is 1.57. The molecule has 0 aliphatic carbocycles. The van der Waals surface area contributed by atoms with Gasteiger partial charge in [0.05, 0.1) is 7.11 Å². The summed E-state index contributed by atoms with van der Waals surface area (Å²) in [4.78, 5) is 0. The molecule has 0 aliphatic heterocycles. The van der Waals surface area contributed by atoms with Gasteiger partial charge in [-0.15, -0.1) is 0 Å². The smallest absolute Gasteiger partial charge is 0.169 e. The Labute approximate surface area is 110 Å². The van der Waals surface area contributed by atoms with Crippen molar-refractivity contribution in [2.75, 3.05) is 13.7 Å². The predicted molar refractivity (Wildman–Crippen MR) is 73.3 cm³/mol. The van der Waals surface area contributed by atoms with Crippen molar-refractivity contribution in [2.24, 2.45) is 11.3 Å². The van der Waals surface area contributed by atoms with E-state index < -0.39 is 0 Å². The number of ether oxygens (including phenoxy) is 1. The minimum Gasteiger partial charge on any atom is -0.494 e. The summed E-state index contributed by atoms with van der Waals surface area (Å²) in [6, 6.07) is 5.23. The molecule has 0 unspecified atom stereocenters. The number of hydrogen-bond acceptors (Lipinski definition) is 2. The number of halogens is 1. The molecule has 1 aromatic rings. The molecule has 0 bridgehead atoms. The van der Waals surface area contributed by atoms with Crippen LogP contribution >= 0.6 is 0 Å². The van der Waals surface area contributed by atoms with Gasteiger partial charge in [0.2, 0.25) is 0 Å². The molecule has 0 spiro atoms. The number of benzene rings is 1. The van der Waals surface area contributed by atoms with E-state index in [0.717, 1.165) is 6.54 Å². The minimum atomic E-state index is -0.269. The first-order valence-electron chi connectivity index (χ1n) is 6.40. The molecular formula is C15H24FNO. The van der Waals surface area contributed by atoms with Crippen LogP contribution in [0.5, 0.6) is 5.75 Å². The molecule has 0 heterocycles. The Hall–Kier alpha value is -1.09. The van der Waals surface area contributed by atoms with Gasteiger partial charge in [-0.3, -0.25) is 0 Å². The van der Waals surface area contributed by atoms with Crippen LogP contribution in [0.2, 0.25) is 0 Å². The van der Waals surface area contributed by atoms with Gasteiger partial charge in [0.25, 0.3) is 0 Å². The van der Waals surface area contributed by atoms with Gasteiger partial charge in [-0.2, -0.15) is 0 Å². The predicted octanol–water partition coefficient (Wildman–Crippen LogP) is 3.61. The number of methoxy groups -OCH3 is 1. The van der Waals surface area contributed by atoms with Crippen LogP contribution in [-0.2, 0) is 6.54 Å². The third-order valence-corrected chi connectivity index (χ3v) is 3.72. The van der Waals surface area contributed by atoms with Crippen molar-refractivity contribution in [2.45, 2.75) is 34.2 Å². The summed E-state index contributed by atoms with van der Waals surface area (Å²) in [5.74, 6) is 0.618.